The van der Waals surface area contributed by atoms with Gasteiger partial charge in [0.2, 0.25) is 20.0 Å². The first-order valence-corrected chi connectivity index (χ1v) is 19.9. The Morgan fingerprint density at radius 3 is 1.04 bits per heavy atom. The van der Waals surface area contributed by atoms with Crippen LogP contribution >= 0.6 is 0 Å². The Labute approximate surface area is 277 Å². The molecule has 12 heteroatoms. The van der Waals surface area contributed by atoms with Gasteiger partial charge in [0.05, 0.1) is 9.79 Å². The van der Waals surface area contributed by atoms with Gasteiger partial charge in [-0.15, -0.1) is 0 Å². The molecule has 0 fully saturated rings. The summed E-state index contributed by atoms with van der Waals surface area (Å²) in [4.78, 5) is -0.383. The monoisotopic (exact) mass is 684 g/mol. The van der Waals surface area contributed by atoms with E-state index in [0.29, 0.717) is 12.8 Å². The maximum absolute atomic E-state index is 13.8. The number of aromatic hydroxyl groups is 4. The maximum atomic E-state index is 13.8. The lowest BCUT2D eigenvalue weighted by molar-refractivity contribution is 0.332. The summed E-state index contributed by atoms with van der Waals surface area (Å²) in [5.41, 5.74) is 0. The fourth-order valence-electron chi connectivity index (χ4n) is 5.40. The molecule has 0 aromatic heterocycles. The molecule has 0 aliphatic heterocycles. The van der Waals surface area contributed by atoms with Crippen LogP contribution in [0, 0.1) is 0 Å². The van der Waals surface area contributed by atoms with Crippen LogP contribution in [0.1, 0.15) is 117 Å². The van der Waals surface area contributed by atoms with Gasteiger partial charge in [-0.2, -0.15) is 8.61 Å². The summed E-state index contributed by atoms with van der Waals surface area (Å²) in [6.45, 7) is 4.43. The van der Waals surface area contributed by atoms with E-state index in [4.69, 9.17) is 0 Å². The fourth-order valence-corrected chi connectivity index (χ4v) is 8.38. The van der Waals surface area contributed by atoms with Crippen LogP contribution in [-0.2, 0) is 20.0 Å². The topological polar surface area (TPSA) is 156 Å². The molecule has 0 aliphatic rings. The van der Waals surface area contributed by atoms with Crippen LogP contribution in [0.25, 0.3) is 0 Å². The Bertz CT molecular complexity index is 1280. The Kier molecular flexibility index (Phi) is 17.8. The van der Waals surface area contributed by atoms with E-state index < -0.39 is 43.0 Å². The molecule has 0 radical (unpaired) electrons. The van der Waals surface area contributed by atoms with Crippen molar-refractivity contribution in [2.45, 2.75) is 126 Å². The molecule has 0 bridgehead atoms. The quantitative estimate of drug-likeness (QED) is 0.0620. The molecule has 2 aromatic carbocycles. The minimum absolute atomic E-state index is 0.124. The number of hydrogen-bond donors (Lipinski definition) is 4. The summed E-state index contributed by atoms with van der Waals surface area (Å²) in [7, 11) is -8.27. The van der Waals surface area contributed by atoms with Crippen molar-refractivity contribution in [1.82, 2.24) is 8.61 Å². The fraction of sp³-hybridized carbons (Fsp3) is 0.647. The van der Waals surface area contributed by atoms with Crippen molar-refractivity contribution in [3.63, 3.8) is 0 Å². The van der Waals surface area contributed by atoms with Gasteiger partial charge < -0.3 is 20.4 Å². The molecular weight excluding hydrogens is 629 g/mol. The van der Waals surface area contributed by atoms with Crippen LogP contribution in [0.15, 0.2) is 46.2 Å². The zero-order valence-corrected chi connectivity index (χ0v) is 29.4. The third-order valence-electron chi connectivity index (χ3n) is 8.29. The number of hydrogen-bond acceptors (Lipinski definition) is 8. The van der Waals surface area contributed by atoms with Crippen molar-refractivity contribution >= 4 is 20.0 Å². The van der Waals surface area contributed by atoms with Crippen molar-refractivity contribution in [1.29, 1.82) is 0 Å². The summed E-state index contributed by atoms with van der Waals surface area (Å²) in [5.74, 6) is -1.99. The molecule has 2 aromatic rings. The van der Waals surface area contributed by atoms with Crippen LogP contribution in [0.5, 0.6) is 23.0 Å². The third kappa shape index (κ3) is 12.9. The van der Waals surface area contributed by atoms with Crippen LogP contribution in [0.4, 0.5) is 0 Å². The number of rotatable bonds is 25. The summed E-state index contributed by atoms with van der Waals surface area (Å²) in [6, 6.07) is 6.68. The van der Waals surface area contributed by atoms with E-state index in [0.717, 1.165) is 75.6 Å². The number of sulfonamides is 2. The highest BCUT2D eigenvalue weighted by Crippen LogP contribution is 2.31. The van der Waals surface area contributed by atoms with Gasteiger partial charge in [0, 0.05) is 38.3 Å². The average Bonchev–Trinajstić information content (AvgIpc) is 3.02. The third-order valence-corrected chi connectivity index (χ3v) is 12.1. The molecule has 0 unspecified atom stereocenters. The van der Waals surface area contributed by atoms with E-state index in [-0.39, 0.29) is 36.0 Å². The second-order valence-corrected chi connectivity index (χ2v) is 15.9. The highest BCUT2D eigenvalue weighted by molar-refractivity contribution is 7.89. The van der Waals surface area contributed by atoms with Crippen LogP contribution in [0.3, 0.4) is 0 Å². The lowest BCUT2D eigenvalue weighted by Crippen LogP contribution is -2.42. The first kappa shape index (κ1) is 39.6. The van der Waals surface area contributed by atoms with Crippen LogP contribution in [0.2, 0.25) is 0 Å². The first-order chi connectivity index (χ1) is 21.9. The number of nitrogens with zero attached hydrogens (tertiary/aromatic N) is 2. The van der Waals surface area contributed by atoms with Gasteiger partial charge >= 0.3 is 0 Å². The number of benzene rings is 2. The first-order valence-electron chi connectivity index (χ1n) is 17.0. The molecule has 46 heavy (non-hydrogen) atoms. The maximum Gasteiger partial charge on any atom is 0.243 e. The number of phenolic OH excluding ortho intramolecular Hbond substituents is 4. The number of unbranched alkanes of at least 4 members (excludes halogenated alkanes) is 14. The summed E-state index contributed by atoms with van der Waals surface area (Å²) < 4.78 is 57.5. The van der Waals surface area contributed by atoms with E-state index in [1.165, 1.54) is 59.3 Å². The zero-order chi connectivity index (χ0) is 34.0. The molecule has 0 saturated carbocycles. The Hall–Kier alpha value is -2.54. The molecular formula is C34H56N2O8S2. The lowest BCUT2D eigenvalue weighted by Gasteiger charge is -2.27. The zero-order valence-electron chi connectivity index (χ0n) is 27.7. The minimum atomic E-state index is -4.14. The predicted molar refractivity (Wildman–Crippen MR) is 182 cm³/mol. The van der Waals surface area contributed by atoms with E-state index >= 15 is 0 Å². The lowest BCUT2D eigenvalue weighted by atomic mass is 10.1. The summed E-state index contributed by atoms with van der Waals surface area (Å²) >= 11 is 0. The molecule has 2 rings (SSSR count). The van der Waals surface area contributed by atoms with Crippen LogP contribution < -0.4 is 0 Å². The minimum Gasteiger partial charge on any atom is -0.504 e. The van der Waals surface area contributed by atoms with E-state index in [1.54, 1.807) is 0 Å². The molecule has 0 saturated heterocycles. The van der Waals surface area contributed by atoms with Gasteiger partial charge in [0.15, 0.2) is 23.0 Å². The van der Waals surface area contributed by atoms with Crippen LogP contribution in [-0.4, -0.2) is 72.1 Å². The highest BCUT2D eigenvalue weighted by atomic mass is 32.2. The van der Waals surface area contributed by atoms with Crippen molar-refractivity contribution in [3.05, 3.63) is 36.4 Å². The van der Waals surface area contributed by atoms with Crippen molar-refractivity contribution < 1.29 is 37.3 Å². The summed E-state index contributed by atoms with van der Waals surface area (Å²) in [5, 5.41) is 39.5. The smallest absolute Gasteiger partial charge is 0.243 e. The van der Waals surface area contributed by atoms with Crippen molar-refractivity contribution in [2.75, 3.05) is 26.2 Å². The van der Waals surface area contributed by atoms with E-state index in [1.807, 2.05) is 0 Å². The molecule has 10 nitrogen and oxygen atoms in total. The summed E-state index contributed by atoms with van der Waals surface area (Å²) in [6.07, 6.45) is 16.3. The van der Waals surface area contributed by atoms with Gasteiger partial charge in [0.1, 0.15) is 0 Å². The van der Waals surface area contributed by atoms with Gasteiger partial charge in [0.25, 0.3) is 0 Å². The van der Waals surface area contributed by atoms with Gasteiger partial charge in [-0.25, -0.2) is 16.8 Å². The molecule has 0 amide bonds. The van der Waals surface area contributed by atoms with Crippen molar-refractivity contribution in [3.8, 4) is 23.0 Å². The Morgan fingerprint density at radius 2 is 0.739 bits per heavy atom. The number of phenols is 4. The highest BCUT2D eigenvalue weighted by Gasteiger charge is 2.30. The predicted octanol–water partition coefficient (Wildman–Crippen LogP) is 7.47. The molecule has 0 spiro atoms. The van der Waals surface area contributed by atoms with Crippen molar-refractivity contribution in [2.24, 2.45) is 0 Å². The molecule has 0 atom stereocenters. The van der Waals surface area contributed by atoms with E-state index in [2.05, 4.69) is 13.8 Å². The molecule has 0 aliphatic carbocycles. The largest absolute Gasteiger partial charge is 0.504 e. The Morgan fingerprint density at radius 1 is 0.435 bits per heavy atom. The SMILES string of the molecule is CCCCCCCCCCN(CCN(CCCCCCCCCC)S(=O)(=O)c1ccc(O)c(O)c1)S(=O)(=O)c1ccc(O)c(O)c1. The molecule has 0 heterocycles. The molecule has 262 valence electrons. The van der Waals surface area contributed by atoms with Gasteiger partial charge in [-0.05, 0) is 37.1 Å². The van der Waals surface area contributed by atoms with Gasteiger partial charge in [-0.1, -0.05) is 104 Å². The van der Waals surface area contributed by atoms with Gasteiger partial charge in [-0.3, -0.25) is 0 Å². The Balaban J connectivity index is 2.23. The van der Waals surface area contributed by atoms with E-state index in [9.17, 15) is 37.3 Å². The molecule has 4 N–H and O–H groups in total. The standard InChI is InChI=1S/C34H56N2O8S2/c1-3-5-7-9-11-13-15-17-23-35(45(41,42)29-19-21-31(37)33(39)27-29)25-26-36(24-18-16-14-12-10-8-6-4-2)46(43,44)30-20-22-32(38)34(40)28-30/h19-22,27-28,37-40H,3-18,23-26H2,1-2H3. The average molecular weight is 685 g/mol. The second-order valence-electron chi connectivity index (χ2n) is 12.1. The normalized spacial score (nSPS) is 12.3. The second kappa shape index (κ2) is 20.6.